The van der Waals surface area contributed by atoms with Crippen molar-refractivity contribution >= 4 is 75.3 Å². The van der Waals surface area contributed by atoms with Crippen molar-refractivity contribution in [2.45, 2.75) is 0 Å². The maximum Gasteiger partial charge on any atom is 0.164 e. The fourth-order valence-corrected chi connectivity index (χ4v) is 9.50. The number of nitrogens with zero attached hydrogens (tertiary/aromatic N) is 4. The van der Waals surface area contributed by atoms with Gasteiger partial charge in [-0.15, -0.1) is 11.3 Å². The first kappa shape index (κ1) is 31.9. The summed E-state index contributed by atoms with van der Waals surface area (Å²) in [7, 11) is 0. The minimum absolute atomic E-state index is 0.615. The monoisotopic (exact) mass is 746 g/mol. The molecule has 0 atom stereocenters. The normalized spacial score (nSPS) is 11.9. The van der Waals surface area contributed by atoms with Crippen LogP contribution in [0.15, 0.2) is 186 Å². The highest BCUT2D eigenvalue weighted by molar-refractivity contribution is 7.25. The van der Waals surface area contributed by atoms with E-state index >= 15 is 0 Å². The molecular weight excluding hydrogens is 717 g/mol. The van der Waals surface area contributed by atoms with Crippen molar-refractivity contribution in [3.05, 3.63) is 182 Å². The molecule has 0 saturated heterocycles. The van der Waals surface area contributed by atoms with Gasteiger partial charge in [0.15, 0.2) is 17.5 Å². The molecule has 5 nitrogen and oxygen atoms in total. The van der Waals surface area contributed by atoms with Crippen molar-refractivity contribution in [2.75, 3.05) is 0 Å². The molecule has 0 saturated carbocycles. The minimum atomic E-state index is 0.615. The third-order valence-electron chi connectivity index (χ3n) is 11.1. The SMILES string of the molecule is c1ccc(-c2nc(-c3ccccc3)nc(-c3ccc4oc5ccc(-c6ccc7sc8cccc(-n9c%10ccccc%10c%10ccccc%109)c8c7c6)cc5c4c3)n2)cc1. The van der Waals surface area contributed by atoms with Gasteiger partial charge in [0.1, 0.15) is 11.2 Å². The van der Waals surface area contributed by atoms with Gasteiger partial charge >= 0.3 is 0 Å². The van der Waals surface area contributed by atoms with Crippen molar-refractivity contribution in [3.63, 3.8) is 0 Å². The number of benzene rings is 8. The lowest BCUT2D eigenvalue weighted by molar-refractivity contribution is 0.669. The van der Waals surface area contributed by atoms with E-state index < -0.39 is 0 Å². The Morgan fingerprint density at radius 3 is 1.51 bits per heavy atom. The van der Waals surface area contributed by atoms with Gasteiger partial charge in [-0.3, -0.25) is 0 Å². The average Bonchev–Trinajstić information content (AvgIpc) is 3.95. The van der Waals surface area contributed by atoms with E-state index in [0.717, 1.165) is 49.8 Å². The largest absolute Gasteiger partial charge is 0.456 e. The summed E-state index contributed by atoms with van der Waals surface area (Å²) in [5, 5.41) is 7.11. The van der Waals surface area contributed by atoms with Gasteiger partial charge in [-0.2, -0.15) is 0 Å². The summed E-state index contributed by atoms with van der Waals surface area (Å²) in [5.74, 6) is 1.89. The molecule has 12 aromatic rings. The summed E-state index contributed by atoms with van der Waals surface area (Å²) in [5.41, 5.74) is 10.3. The molecule has 4 heterocycles. The van der Waals surface area contributed by atoms with E-state index in [1.165, 1.54) is 47.7 Å². The highest BCUT2D eigenvalue weighted by Gasteiger charge is 2.19. The third-order valence-corrected chi connectivity index (χ3v) is 12.2. The maximum atomic E-state index is 6.41. The lowest BCUT2D eigenvalue weighted by Gasteiger charge is -2.10. The van der Waals surface area contributed by atoms with E-state index in [9.17, 15) is 0 Å². The van der Waals surface area contributed by atoms with Crippen LogP contribution in [0, 0.1) is 0 Å². The third kappa shape index (κ3) is 5.12. The summed E-state index contributed by atoms with van der Waals surface area (Å²) in [6.45, 7) is 0. The summed E-state index contributed by atoms with van der Waals surface area (Å²) >= 11 is 1.85. The highest BCUT2D eigenvalue weighted by Crippen LogP contribution is 2.43. The lowest BCUT2D eigenvalue weighted by atomic mass is 10.00. The number of rotatable bonds is 5. The fraction of sp³-hybridized carbons (Fsp3) is 0. The Labute approximate surface area is 330 Å². The van der Waals surface area contributed by atoms with E-state index in [0.29, 0.717) is 17.5 Å². The zero-order valence-corrected chi connectivity index (χ0v) is 31.2. The van der Waals surface area contributed by atoms with Crippen molar-refractivity contribution in [1.82, 2.24) is 19.5 Å². The Bertz CT molecular complexity index is 3420. The topological polar surface area (TPSA) is 56.7 Å². The molecule has 0 amide bonds. The molecule has 4 aromatic heterocycles. The molecule has 0 aliphatic carbocycles. The number of para-hydroxylation sites is 2. The van der Waals surface area contributed by atoms with Crippen molar-refractivity contribution in [1.29, 1.82) is 0 Å². The first-order chi connectivity index (χ1) is 28.2. The molecule has 0 aliphatic rings. The second-order valence-electron chi connectivity index (χ2n) is 14.4. The summed E-state index contributed by atoms with van der Waals surface area (Å²) in [4.78, 5) is 14.9. The Kier molecular flexibility index (Phi) is 7.03. The maximum absolute atomic E-state index is 6.41. The molecule has 266 valence electrons. The molecule has 6 heteroatoms. The van der Waals surface area contributed by atoms with Gasteiger partial charge in [0.2, 0.25) is 0 Å². The van der Waals surface area contributed by atoms with Gasteiger partial charge in [-0.25, -0.2) is 15.0 Å². The van der Waals surface area contributed by atoms with Crippen molar-refractivity contribution in [3.8, 4) is 51.0 Å². The van der Waals surface area contributed by atoms with Crippen LogP contribution in [-0.2, 0) is 0 Å². The molecule has 0 radical (unpaired) electrons. The van der Waals surface area contributed by atoms with Crippen molar-refractivity contribution < 1.29 is 4.42 Å². The van der Waals surface area contributed by atoms with Gasteiger partial charge in [0.05, 0.1) is 16.7 Å². The predicted octanol–water partition coefficient (Wildman–Crippen LogP) is 13.9. The van der Waals surface area contributed by atoms with Crippen LogP contribution in [0.1, 0.15) is 0 Å². The summed E-state index contributed by atoms with van der Waals surface area (Å²) in [6.07, 6.45) is 0. The van der Waals surface area contributed by atoms with Crippen molar-refractivity contribution in [2.24, 2.45) is 0 Å². The summed E-state index contributed by atoms with van der Waals surface area (Å²) in [6, 6.07) is 63.9. The molecule has 57 heavy (non-hydrogen) atoms. The van der Waals surface area contributed by atoms with E-state index in [2.05, 4.69) is 114 Å². The number of hydrogen-bond acceptors (Lipinski definition) is 5. The van der Waals surface area contributed by atoms with E-state index in [4.69, 9.17) is 19.4 Å². The smallest absolute Gasteiger partial charge is 0.164 e. The number of hydrogen-bond donors (Lipinski definition) is 0. The van der Waals surface area contributed by atoms with Gasteiger partial charge < -0.3 is 8.98 Å². The van der Waals surface area contributed by atoms with E-state index in [-0.39, 0.29) is 0 Å². The molecule has 0 bridgehead atoms. The number of aromatic nitrogens is 4. The van der Waals surface area contributed by atoms with Crippen LogP contribution in [0.5, 0.6) is 0 Å². The second-order valence-corrected chi connectivity index (χ2v) is 15.5. The number of fused-ring (bicyclic) bond motifs is 9. The van der Waals surface area contributed by atoms with Gasteiger partial charge in [-0.1, -0.05) is 115 Å². The number of thiophene rings is 1. The van der Waals surface area contributed by atoms with Gasteiger partial charge in [0, 0.05) is 58.4 Å². The average molecular weight is 747 g/mol. The van der Waals surface area contributed by atoms with Crippen LogP contribution >= 0.6 is 11.3 Å². The molecule has 0 fully saturated rings. The Morgan fingerprint density at radius 1 is 0.368 bits per heavy atom. The Balaban J connectivity index is 1.01. The highest BCUT2D eigenvalue weighted by atomic mass is 32.1. The Hall–Kier alpha value is -7.41. The lowest BCUT2D eigenvalue weighted by Crippen LogP contribution is -2.00. The molecule has 0 spiro atoms. The zero-order chi connectivity index (χ0) is 37.5. The molecular formula is C51H30N4OS. The van der Waals surface area contributed by atoms with E-state index in [1.54, 1.807) is 0 Å². The van der Waals surface area contributed by atoms with Gasteiger partial charge in [-0.05, 0) is 77.9 Å². The molecule has 0 N–H and O–H groups in total. The summed E-state index contributed by atoms with van der Waals surface area (Å²) < 4.78 is 11.4. The fourth-order valence-electron chi connectivity index (χ4n) is 8.39. The first-order valence-corrected chi connectivity index (χ1v) is 19.8. The standard InChI is InChI=1S/C51H30N4OS/c1-3-12-31(13-4-1)49-52-50(32-14-5-2-6-15-32)54-51(53-49)35-23-26-45-39(30-35)38-28-33(22-25-44(38)56-45)34-24-27-46-40(29-34)48-43(20-11-21-47(48)57-46)55-41-18-9-7-16-36(41)37-17-8-10-19-42(37)55/h1-30H. The van der Waals surface area contributed by atoms with E-state index in [1.807, 2.05) is 84.1 Å². The quantitative estimate of drug-likeness (QED) is 0.176. The van der Waals surface area contributed by atoms with Crippen LogP contribution in [0.2, 0.25) is 0 Å². The second kappa shape index (κ2) is 12.6. The molecule has 8 aromatic carbocycles. The zero-order valence-electron chi connectivity index (χ0n) is 30.4. The first-order valence-electron chi connectivity index (χ1n) is 19.0. The predicted molar refractivity (Wildman–Crippen MR) is 236 cm³/mol. The molecule has 0 unspecified atom stereocenters. The molecule has 12 rings (SSSR count). The van der Waals surface area contributed by atoms with Crippen LogP contribution in [-0.4, -0.2) is 19.5 Å². The van der Waals surface area contributed by atoms with Gasteiger partial charge in [0.25, 0.3) is 0 Å². The Morgan fingerprint density at radius 2 is 0.877 bits per heavy atom. The van der Waals surface area contributed by atoms with Crippen LogP contribution in [0.4, 0.5) is 0 Å². The van der Waals surface area contributed by atoms with Crippen LogP contribution in [0.25, 0.3) is 115 Å². The minimum Gasteiger partial charge on any atom is -0.456 e. The number of furan rings is 1. The van der Waals surface area contributed by atoms with Crippen LogP contribution in [0.3, 0.4) is 0 Å². The van der Waals surface area contributed by atoms with Crippen LogP contribution < -0.4 is 0 Å². The molecule has 0 aliphatic heterocycles.